The lowest BCUT2D eigenvalue weighted by Crippen LogP contribution is -2.77. The normalized spacial score (nSPS) is 13.7. The van der Waals surface area contributed by atoms with Crippen molar-refractivity contribution in [2.45, 2.75) is 99.1 Å². The molecule has 0 aromatic heterocycles. The lowest BCUT2D eigenvalue weighted by Gasteiger charge is -2.36. The van der Waals surface area contributed by atoms with E-state index in [4.69, 9.17) is 0 Å². The molecule has 40 heavy (non-hydrogen) atoms. The zero-order chi connectivity index (χ0) is 31.5. The molecule has 4 N–H and O–H groups in total. The summed E-state index contributed by atoms with van der Waals surface area (Å²) in [5.41, 5.74) is 0. The second kappa shape index (κ2) is 15.7. The van der Waals surface area contributed by atoms with Gasteiger partial charge in [-0.1, -0.05) is 78.1 Å². The number of rotatable bonds is 21. The van der Waals surface area contributed by atoms with Gasteiger partial charge >= 0.3 is 60.6 Å². The molecule has 0 saturated carbocycles. The summed E-state index contributed by atoms with van der Waals surface area (Å²) in [6.45, 7) is 2.00. The summed E-state index contributed by atoms with van der Waals surface area (Å²) in [6, 6.07) is 0. The molecule has 0 saturated heterocycles. The molecule has 0 unspecified atom stereocenters. The van der Waals surface area contributed by atoms with Crippen molar-refractivity contribution in [2.24, 2.45) is 0 Å². The van der Waals surface area contributed by atoms with Crippen molar-refractivity contribution in [1.29, 1.82) is 0 Å². The molecule has 0 spiro atoms. The molecule has 0 aromatic carbocycles. The third-order valence-electron chi connectivity index (χ3n) is 5.89. The first kappa shape index (κ1) is 38.6. The molecule has 0 aliphatic heterocycles. The maximum atomic E-state index is 13.0. The Morgan fingerprint density at radius 3 is 0.925 bits per heavy atom. The lowest BCUT2D eigenvalue weighted by molar-refractivity contribution is -0.152. The summed E-state index contributed by atoms with van der Waals surface area (Å²) < 4.78 is 136. The Kier molecular flexibility index (Phi) is 15.2. The van der Waals surface area contributed by atoms with E-state index in [1.54, 1.807) is 0 Å². The van der Waals surface area contributed by atoms with Gasteiger partial charge in [0.25, 0.3) is 0 Å². The Bertz CT molecular complexity index is 1100. The monoisotopic (exact) mass is 662 g/mol. The fourth-order valence-corrected chi connectivity index (χ4v) is 11.3. The molecular formula is C20H38O16S4. The molecule has 0 aliphatic carbocycles. The van der Waals surface area contributed by atoms with Crippen LogP contribution in [0.3, 0.4) is 0 Å². The number of unbranched alkanes of at least 4 members (excludes halogenated alkanes) is 10. The molecule has 0 atom stereocenters. The van der Waals surface area contributed by atoms with Crippen LogP contribution in [0, 0.1) is 0 Å². The predicted molar refractivity (Wildman–Crippen MR) is 140 cm³/mol. The standard InChI is InChI=1S/C20H38O16S4/c1-3-5-7-9-11-13-15-35-17(21)19(37(23,24)25,38(26,27)28)20(39(29,30)31,40(32,33)34)18(22)36-16-14-12-10-8-6-4-2/h3-16H2,1-2H3,(H,23,24,25)(H,26,27,28)(H,29,30,31)(H,32,33,34). The third-order valence-corrected chi connectivity index (χ3v) is 13.7. The SMILES string of the molecule is CCCCCCCCOC(=O)C(C(C(=O)OCCCCCCCC)(S(=O)(=O)O)S(=O)(=O)O)(S(=O)(=O)O)S(=O)(=O)O. The average Bonchev–Trinajstić information content (AvgIpc) is 2.77. The Balaban J connectivity index is 6.92. The summed E-state index contributed by atoms with van der Waals surface area (Å²) >= 11 is 0. The first-order valence-electron chi connectivity index (χ1n) is 12.4. The largest absolute Gasteiger partial charge is 0.464 e. The van der Waals surface area contributed by atoms with E-state index in [2.05, 4.69) is 9.47 Å². The van der Waals surface area contributed by atoms with Gasteiger partial charge in [-0.2, -0.15) is 33.7 Å². The molecule has 0 aliphatic rings. The first-order valence-corrected chi connectivity index (χ1v) is 18.2. The topological polar surface area (TPSA) is 270 Å². The Morgan fingerprint density at radius 1 is 0.475 bits per heavy atom. The Labute approximate surface area is 235 Å². The zero-order valence-electron chi connectivity index (χ0n) is 22.2. The maximum absolute atomic E-state index is 13.0. The lowest BCUT2D eigenvalue weighted by atomic mass is 10.1. The van der Waals surface area contributed by atoms with Crippen LogP contribution in [-0.4, -0.2) is 85.2 Å². The molecule has 16 nitrogen and oxygen atoms in total. The Hall–Kier alpha value is -1.42. The minimum atomic E-state index is -7.14. The van der Waals surface area contributed by atoms with Crippen molar-refractivity contribution in [3.05, 3.63) is 0 Å². The van der Waals surface area contributed by atoms with Crippen molar-refractivity contribution in [1.82, 2.24) is 0 Å². The number of carbonyl (C=O) groups excluding carboxylic acids is 2. The molecule has 0 bridgehead atoms. The number of hydrogen-bond acceptors (Lipinski definition) is 12. The van der Waals surface area contributed by atoms with E-state index in [9.17, 15) is 61.5 Å². The van der Waals surface area contributed by atoms with Crippen LogP contribution in [0.1, 0.15) is 90.9 Å². The van der Waals surface area contributed by atoms with Gasteiger partial charge in [-0.15, -0.1) is 0 Å². The van der Waals surface area contributed by atoms with Crippen LogP contribution < -0.4 is 0 Å². The van der Waals surface area contributed by atoms with E-state index in [0.29, 0.717) is 25.7 Å². The number of esters is 2. The van der Waals surface area contributed by atoms with Gasteiger partial charge in [0.2, 0.25) is 0 Å². The molecule has 0 fully saturated rings. The first-order chi connectivity index (χ1) is 18.2. The fourth-order valence-electron chi connectivity index (χ4n) is 3.92. The molecule has 0 amide bonds. The quantitative estimate of drug-likeness (QED) is 0.0774. The summed E-state index contributed by atoms with van der Waals surface area (Å²) in [5.74, 6) is -6.03. The molecule has 238 valence electrons. The minimum absolute atomic E-state index is 0.129. The smallest absolute Gasteiger partial charge is 0.366 e. The van der Waals surface area contributed by atoms with E-state index < -0.39 is 73.8 Å². The highest BCUT2D eigenvalue weighted by Gasteiger charge is 2.90. The van der Waals surface area contributed by atoms with Crippen LogP contribution in [0.25, 0.3) is 0 Å². The van der Waals surface area contributed by atoms with Crippen molar-refractivity contribution < 1.29 is 70.9 Å². The number of ether oxygens (including phenoxy) is 2. The third kappa shape index (κ3) is 8.55. The van der Waals surface area contributed by atoms with E-state index in [1.807, 2.05) is 13.8 Å². The van der Waals surface area contributed by atoms with Crippen LogP contribution in [0.2, 0.25) is 0 Å². The highest BCUT2D eigenvalue weighted by molar-refractivity contribution is 8.14. The molecule has 0 heterocycles. The maximum Gasteiger partial charge on any atom is 0.366 e. The number of carbonyl (C=O) groups is 2. The minimum Gasteiger partial charge on any atom is -0.464 e. The summed E-state index contributed by atoms with van der Waals surface area (Å²) in [4.78, 5) is 25.9. The highest BCUT2D eigenvalue weighted by Crippen LogP contribution is 2.46. The van der Waals surface area contributed by atoms with Gasteiger partial charge in [0, 0.05) is 0 Å². The average molecular weight is 663 g/mol. The van der Waals surface area contributed by atoms with Gasteiger partial charge in [0.1, 0.15) is 0 Å². The van der Waals surface area contributed by atoms with E-state index in [1.165, 1.54) is 0 Å². The van der Waals surface area contributed by atoms with E-state index in [0.717, 1.165) is 38.5 Å². The van der Waals surface area contributed by atoms with Gasteiger partial charge < -0.3 is 9.47 Å². The van der Waals surface area contributed by atoms with Gasteiger partial charge in [0.05, 0.1) is 13.2 Å². The molecule has 0 rings (SSSR count). The molecular weight excluding hydrogens is 624 g/mol. The van der Waals surface area contributed by atoms with E-state index in [-0.39, 0.29) is 12.8 Å². The fraction of sp³-hybridized carbons (Fsp3) is 0.900. The van der Waals surface area contributed by atoms with Crippen LogP contribution >= 0.6 is 0 Å². The van der Waals surface area contributed by atoms with Gasteiger partial charge in [-0.25, -0.2) is 9.59 Å². The summed E-state index contributed by atoms with van der Waals surface area (Å²) in [5, 5.41) is 0. The van der Waals surface area contributed by atoms with Crippen LogP contribution in [0.5, 0.6) is 0 Å². The van der Waals surface area contributed by atoms with Gasteiger partial charge in [0.15, 0.2) is 0 Å². The van der Waals surface area contributed by atoms with Crippen molar-refractivity contribution >= 4 is 52.4 Å². The van der Waals surface area contributed by atoms with Crippen molar-refractivity contribution in [3.8, 4) is 0 Å². The van der Waals surface area contributed by atoms with Crippen LogP contribution in [0.4, 0.5) is 0 Å². The molecule has 20 heteroatoms. The predicted octanol–water partition coefficient (Wildman–Crippen LogP) is 1.74. The highest BCUT2D eigenvalue weighted by atomic mass is 32.3. The van der Waals surface area contributed by atoms with Crippen molar-refractivity contribution in [2.75, 3.05) is 13.2 Å². The molecule has 0 aromatic rings. The number of hydrogen-bond donors (Lipinski definition) is 4. The zero-order valence-corrected chi connectivity index (χ0v) is 25.5. The van der Waals surface area contributed by atoms with Gasteiger partial charge in [-0.05, 0) is 12.8 Å². The molecule has 0 radical (unpaired) electrons. The Morgan fingerprint density at radius 2 is 0.700 bits per heavy atom. The second-order valence-corrected chi connectivity index (χ2v) is 15.7. The summed E-state index contributed by atoms with van der Waals surface area (Å²) in [7, 11) is -28.6. The van der Waals surface area contributed by atoms with Gasteiger partial charge in [-0.3, -0.25) is 18.2 Å². The second-order valence-electron chi connectivity index (χ2n) is 8.94. The van der Waals surface area contributed by atoms with Crippen LogP contribution in [-0.2, 0) is 59.5 Å². The van der Waals surface area contributed by atoms with Crippen LogP contribution in [0.15, 0.2) is 0 Å². The van der Waals surface area contributed by atoms with E-state index >= 15 is 0 Å². The van der Waals surface area contributed by atoms with Crippen molar-refractivity contribution in [3.63, 3.8) is 0 Å². The summed E-state index contributed by atoms with van der Waals surface area (Å²) in [6.07, 6.45) is 6.28.